The summed E-state index contributed by atoms with van der Waals surface area (Å²) in [4.78, 5) is 24.7. The van der Waals surface area contributed by atoms with Crippen molar-refractivity contribution in [1.29, 1.82) is 0 Å². The monoisotopic (exact) mass is 309 g/mol. The second-order valence-electron chi connectivity index (χ2n) is 5.62. The van der Waals surface area contributed by atoms with Crippen LogP contribution in [0.1, 0.15) is 30.9 Å². The number of ether oxygens (including phenoxy) is 1. The zero-order chi connectivity index (χ0) is 16.4. The van der Waals surface area contributed by atoms with E-state index in [-0.39, 0.29) is 18.3 Å². The van der Waals surface area contributed by atoms with E-state index in [2.05, 4.69) is 5.32 Å². The lowest BCUT2D eigenvalue weighted by Crippen LogP contribution is -2.33. The van der Waals surface area contributed by atoms with E-state index in [1.54, 1.807) is 6.92 Å². The van der Waals surface area contributed by atoms with Gasteiger partial charge in [0.2, 0.25) is 0 Å². The van der Waals surface area contributed by atoms with Gasteiger partial charge in [-0.1, -0.05) is 36.4 Å². The minimum absolute atomic E-state index is 0.181. The fourth-order valence-corrected chi connectivity index (χ4v) is 3.20. The van der Waals surface area contributed by atoms with Crippen LogP contribution in [-0.4, -0.2) is 18.4 Å². The third-order valence-corrected chi connectivity index (χ3v) is 4.17. The van der Waals surface area contributed by atoms with Crippen LogP contribution in [0.4, 0.5) is 11.4 Å². The first kappa shape index (κ1) is 15.3. The lowest BCUT2D eigenvalue weighted by molar-refractivity contribution is -0.151. The number of para-hydroxylation sites is 2. The van der Waals surface area contributed by atoms with Crippen molar-refractivity contribution in [2.24, 2.45) is 5.92 Å². The van der Waals surface area contributed by atoms with Gasteiger partial charge in [0.15, 0.2) is 0 Å². The zero-order valence-electron chi connectivity index (χ0n) is 13.2. The summed E-state index contributed by atoms with van der Waals surface area (Å²) in [5.74, 6) is -1.81. The lowest BCUT2D eigenvalue weighted by atomic mass is 9.76. The van der Waals surface area contributed by atoms with E-state index in [1.807, 2.05) is 48.5 Å². The van der Waals surface area contributed by atoms with Crippen LogP contribution in [0.15, 0.2) is 48.5 Å². The fraction of sp³-hybridized carbons (Fsp3) is 0.263. The third-order valence-electron chi connectivity index (χ3n) is 4.17. The summed E-state index contributed by atoms with van der Waals surface area (Å²) in [5, 5.41) is 3.37. The Balaban J connectivity index is 2.16. The number of carbonyl (C=O) groups is 2. The van der Waals surface area contributed by atoms with Gasteiger partial charge in [0.25, 0.3) is 0 Å². The zero-order valence-corrected chi connectivity index (χ0v) is 13.2. The molecule has 0 saturated carbocycles. The molecule has 4 heteroatoms. The molecule has 0 spiro atoms. The van der Waals surface area contributed by atoms with Crippen molar-refractivity contribution in [1.82, 2.24) is 0 Å². The lowest BCUT2D eigenvalue weighted by Gasteiger charge is -2.32. The number of anilines is 2. The summed E-state index contributed by atoms with van der Waals surface area (Å²) in [5.41, 5.74) is 3.73. The molecule has 118 valence electrons. The van der Waals surface area contributed by atoms with E-state index < -0.39 is 11.9 Å². The highest BCUT2D eigenvalue weighted by Crippen LogP contribution is 2.45. The molecule has 0 bridgehead atoms. The Bertz CT molecular complexity index is 708. The van der Waals surface area contributed by atoms with Crippen LogP contribution < -0.4 is 5.32 Å². The highest BCUT2D eigenvalue weighted by Gasteiger charge is 2.39. The van der Waals surface area contributed by atoms with Crippen molar-refractivity contribution in [2.45, 2.75) is 19.8 Å². The summed E-state index contributed by atoms with van der Waals surface area (Å²) in [6.07, 6.45) is 0. The molecule has 1 atom stereocenters. The van der Waals surface area contributed by atoms with E-state index in [9.17, 15) is 9.59 Å². The van der Waals surface area contributed by atoms with E-state index in [0.717, 1.165) is 22.5 Å². The Morgan fingerprint density at radius 1 is 1.04 bits per heavy atom. The Hall–Kier alpha value is -2.62. The van der Waals surface area contributed by atoms with Gasteiger partial charge in [-0.25, -0.2) is 0 Å². The van der Waals surface area contributed by atoms with Crippen LogP contribution in [0.25, 0.3) is 0 Å². The first-order valence-corrected chi connectivity index (χ1v) is 7.75. The van der Waals surface area contributed by atoms with Crippen molar-refractivity contribution < 1.29 is 14.3 Å². The number of Topliss-reactive ketones (excluding diaryl/α,β-unsaturated/α-hetero) is 1. The number of rotatable bonds is 4. The van der Waals surface area contributed by atoms with E-state index in [4.69, 9.17) is 4.74 Å². The molecule has 1 N–H and O–H groups in total. The fourth-order valence-electron chi connectivity index (χ4n) is 3.20. The molecule has 2 aromatic rings. The van der Waals surface area contributed by atoms with Gasteiger partial charge < -0.3 is 10.1 Å². The SMILES string of the molecule is CCOC(=O)C(C(C)=O)C1c2ccccc2Nc2ccccc21. The normalized spacial score (nSPS) is 14.2. The number of nitrogens with one attached hydrogen (secondary N) is 1. The van der Waals surface area contributed by atoms with Crippen molar-refractivity contribution >= 4 is 23.1 Å². The molecule has 2 aromatic carbocycles. The van der Waals surface area contributed by atoms with Crippen LogP contribution in [0.2, 0.25) is 0 Å². The minimum Gasteiger partial charge on any atom is -0.465 e. The Morgan fingerprint density at radius 2 is 1.57 bits per heavy atom. The Labute approximate surface area is 135 Å². The maximum absolute atomic E-state index is 12.4. The second kappa shape index (κ2) is 6.24. The molecule has 0 amide bonds. The quantitative estimate of drug-likeness (QED) is 0.692. The van der Waals surface area contributed by atoms with Crippen LogP contribution in [0.3, 0.4) is 0 Å². The summed E-state index contributed by atoms with van der Waals surface area (Å²) < 4.78 is 5.17. The standard InChI is InChI=1S/C19H19NO3/c1-3-23-19(22)17(12(2)21)18-13-8-4-6-10-15(13)20-16-11-7-5-9-14(16)18/h4-11,17-18,20H,3H2,1-2H3. The predicted molar refractivity (Wildman–Crippen MR) is 88.8 cm³/mol. The van der Waals surface area contributed by atoms with Gasteiger partial charge in [-0.15, -0.1) is 0 Å². The molecule has 0 fully saturated rings. The first-order valence-electron chi connectivity index (χ1n) is 7.75. The molecule has 0 aromatic heterocycles. The summed E-state index contributed by atoms with van der Waals surface area (Å²) in [7, 11) is 0. The average Bonchev–Trinajstić information content (AvgIpc) is 2.54. The number of hydrogen-bond donors (Lipinski definition) is 1. The summed E-state index contributed by atoms with van der Waals surface area (Å²) in [6.45, 7) is 3.46. The van der Waals surface area contributed by atoms with Gasteiger partial charge in [-0.05, 0) is 37.1 Å². The Kier molecular flexibility index (Phi) is 4.15. The number of benzene rings is 2. The maximum Gasteiger partial charge on any atom is 0.317 e. The van der Waals surface area contributed by atoms with Gasteiger partial charge in [-0.2, -0.15) is 0 Å². The van der Waals surface area contributed by atoms with Crippen molar-refractivity contribution in [3.05, 3.63) is 59.7 Å². The van der Waals surface area contributed by atoms with Gasteiger partial charge in [0.05, 0.1) is 6.61 Å². The van der Waals surface area contributed by atoms with Crippen molar-refractivity contribution in [3.8, 4) is 0 Å². The summed E-state index contributed by atoms with van der Waals surface area (Å²) >= 11 is 0. The molecule has 3 rings (SSSR count). The summed E-state index contributed by atoms with van der Waals surface area (Å²) in [6, 6.07) is 15.5. The molecule has 1 heterocycles. The maximum atomic E-state index is 12.4. The van der Waals surface area contributed by atoms with Gasteiger partial charge >= 0.3 is 5.97 Å². The van der Waals surface area contributed by atoms with Gasteiger partial charge in [0, 0.05) is 17.3 Å². The molecule has 1 aliphatic heterocycles. The molecule has 1 aliphatic rings. The molecule has 23 heavy (non-hydrogen) atoms. The van der Waals surface area contributed by atoms with E-state index in [1.165, 1.54) is 6.92 Å². The molecule has 0 radical (unpaired) electrons. The van der Waals surface area contributed by atoms with Gasteiger partial charge in [-0.3, -0.25) is 9.59 Å². The van der Waals surface area contributed by atoms with Crippen LogP contribution in [-0.2, 0) is 14.3 Å². The molecule has 4 nitrogen and oxygen atoms in total. The highest BCUT2D eigenvalue weighted by molar-refractivity contribution is 6.00. The van der Waals surface area contributed by atoms with Crippen molar-refractivity contribution in [2.75, 3.05) is 11.9 Å². The molecule has 0 aliphatic carbocycles. The van der Waals surface area contributed by atoms with Crippen LogP contribution in [0.5, 0.6) is 0 Å². The van der Waals surface area contributed by atoms with Gasteiger partial charge in [0.1, 0.15) is 11.7 Å². The van der Waals surface area contributed by atoms with Crippen molar-refractivity contribution in [3.63, 3.8) is 0 Å². The average molecular weight is 309 g/mol. The molecule has 1 unspecified atom stereocenters. The van der Waals surface area contributed by atoms with E-state index in [0.29, 0.717) is 0 Å². The number of ketones is 1. The van der Waals surface area contributed by atoms with E-state index >= 15 is 0 Å². The second-order valence-corrected chi connectivity index (χ2v) is 5.62. The number of fused-ring (bicyclic) bond motifs is 2. The predicted octanol–water partition coefficient (Wildman–Crippen LogP) is 3.64. The minimum atomic E-state index is -0.834. The largest absolute Gasteiger partial charge is 0.465 e. The third kappa shape index (κ3) is 2.72. The number of esters is 1. The van der Waals surface area contributed by atoms with Crippen LogP contribution in [0, 0.1) is 5.92 Å². The molecular weight excluding hydrogens is 290 g/mol. The number of carbonyl (C=O) groups excluding carboxylic acids is 2. The highest BCUT2D eigenvalue weighted by atomic mass is 16.5. The Morgan fingerprint density at radius 3 is 2.04 bits per heavy atom. The number of hydrogen-bond acceptors (Lipinski definition) is 4. The van der Waals surface area contributed by atoms with Crippen LogP contribution >= 0.6 is 0 Å². The molecular formula is C19H19NO3. The topological polar surface area (TPSA) is 55.4 Å². The molecule has 0 saturated heterocycles. The smallest absolute Gasteiger partial charge is 0.317 e. The first-order chi connectivity index (χ1) is 11.1.